The van der Waals surface area contributed by atoms with Gasteiger partial charge in [-0.25, -0.2) is 14.4 Å². The number of nitrogens with one attached hydrogen (secondary N) is 3. The van der Waals surface area contributed by atoms with Crippen molar-refractivity contribution in [2.45, 2.75) is 19.4 Å². The number of H-pyrrole nitrogens is 1. The second-order valence-corrected chi connectivity index (χ2v) is 6.78. The van der Waals surface area contributed by atoms with E-state index in [0.717, 1.165) is 18.3 Å². The van der Waals surface area contributed by atoms with Crippen molar-refractivity contribution in [1.82, 2.24) is 19.9 Å². The van der Waals surface area contributed by atoms with Crippen LogP contribution in [-0.2, 0) is 6.54 Å². The Morgan fingerprint density at radius 2 is 2.11 bits per heavy atom. The average molecular weight is 363 g/mol. The van der Waals surface area contributed by atoms with Gasteiger partial charge >= 0.3 is 0 Å². The summed E-state index contributed by atoms with van der Waals surface area (Å²) in [5.41, 5.74) is 2.92. The minimum Gasteiger partial charge on any atom is -0.350 e. The molecule has 8 heteroatoms. The van der Waals surface area contributed by atoms with Crippen LogP contribution in [0.5, 0.6) is 0 Å². The summed E-state index contributed by atoms with van der Waals surface area (Å²) in [5.74, 6) is 2.29. The predicted octanol–water partition coefficient (Wildman–Crippen LogP) is 3.26. The molecule has 2 aromatic heterocycles. The molecule has 1 saturated carbocycles. The number of hydrogen-bond donors (Lipinski definition) is 3. The van der Waals surface area contributed by atoms with Crippen molar-refractivity contribution in [2.24, 2.45) is 10.9 Å². The molecular weight excluding hydrogens is 345 g/mol. The Morgan fingerprint density at radius 1 is 1.19 bits per heavy atom. The van der Waals surface area contributed by atoms with Gasteiger partial charge in [0.2, 0.25) is 5.95 Å². The highest BCUT2D eigenvalue weighted by molar-refractivity contribution is 6.05. The van der Waals surface area contributed by atoms with Crippen LogP contribution in [0, 0.1) is 11.7 Å². The van der Waals surface area contributed by atoms with Gasteiger partial charge in [-0.1, -0.05) is 6.07 Å². The van der Waals surface area contributed by atoms with Gasteiger partial charge in [0.05, 0.1) is 18.4 Å². The lowest BCUT2D eigenvalue weighted by molar-refractivity contribution is 0.622. The lowest BCUT2D eigenvalue weighted by Gasteiger charge is -2.08. The summed E-state index contributed by atoms with van der Waals surface area (Å²) in [6.07, 6.45) is 7.80. The molecule has 0 spiro atoms. The van der Waals surface area contributed by atoms with Crippen LogP contribution in [0.25, 0.3) is 11.0 Å². The molecule has 0 bridgehead atoms. The van der Waals surface area contributed by atoms with Gasteiger partial charge in [-0.15, -0.1) is 0 Å². The quantitative estimate of drug-likeness (QED) is 0.647. The van der Waals surface area contributed by atoms with E-state index < -0.39 is 0 Å². The van der Waals surface area contributed by atoms with Gasteiger partial charge in [0.25, 0.3) is 0 Å². The molecule has 0 saturated heterocycles. The first-order valence-corrected chi connectivity index (χ1v) is 8.95. The number of anilines is 2. The normalized spacial score (nSPS) is 16.3. The second-order valence-electron chi connectivity index (χ2n) is 6.78. The van der Waals surface area contributed by atoms with Crippen molar-refractivity contribution in [3.8, 4) is 0 Å². The Morgan fingerprint density at radius 3 is 3.00 bits per heavy atom. The van der Waals surface area contributed by atoms with Gasteiger partial charge in [0, 0.05) is 18.3 Å². The van der Waals surface area contributed by atoms with Gasteiger partial charge in [0.15, 0.2) is 5.82 Å². The van der Waals surface area contributed by atoms with Crippen molar-refractivity contribution in [1.29, 1.82) is 0 Å². The maximum Gasteiger partial charge on any atom is 0.224 e. The molecule has 0 unspecified atom stereocenters. The van der Waals surface area contributed by atoms with Gasteiger partial charge in [0.1, 0.15) is 17.2 Å². The molecule has 2 aliphatic rings. The van der Waals surface area contributed by atoms with Crippen molar-refractivity contribution < 1.29 is 4.39 Å². The van der Waals surface area contributed by atoms with Crippen LogP contribution >= 0.6 is 0 Å². The SMILES string of the molecule is Fc1c(CNc2nccc(NC3=NCC(C4CC4)=C3)n2)ccc2[nH]cnc12. The fraction of sp³-hybridized carbons (Fsp3) is 0.263. The Hall–Kier alpha value is -3.29. The molecule has 0 radical (unpaired) electrons. The third kappa shape index (κ3) is 3.25. The Bertz CT molecular complexity index is 1060. The van der Waals surface area contributed by atoms with Gasteiger partial charge in [-0.05, 0) is 42.5 Å². The van der Waals surface area contributed by atoms with E-state index in [-0.39, 0.29) is 12.4 Å². The number of imidazole rings is 1. The monoisotopic (exact) mass is 363 g/mol. The zero-order valence-electron chi connectivity index (χ0n) is 14.5. The first kappa shape index (κ1) is 15.9. The summed E-state index contributed by atoms with van der Waals surface area (Å²) in [7, 11) is 0. The lowest BCUT2D eigenvalue weighted by atomic mass is 10.2. The third-order valence-electron chi connectivity index (χ3n) is 4.81. The van der Waals surface area contributed by atoms with Crippen LogP contribution in [0.3, 0.4) is 0 Å². The fourth-order valence-corrected chi connectivity index (χ4v) is 3.19. The summed E-state index contributed by atoms with van der Waals surface area (Å²) >= 11 is 0. The van der Waals surface area contributed by atoms with Gasteiger partial charge in [-0.2, -0.15) is 4.98 Å². The van der Waals surface area contributed by atoms with Crippen LogP contribution in [0.4, 0.5) is 16.2 Å². The molecular formula is C19H18FN7. The molecule has 136 valence electrons. The maximum atomic E-state index is 14.5. The molecule has 1 fully saturated rings. The number of amidine groups is 1. The molecule has 3 heterocycles. The lowest BCUT2D eigenvalue weighted by Crippen LogP contribution is -2.11. The van der Waals surface area contributed by atoms with E-state index in [1.807, 2.05) is 6.07 Å². The van der Waals surface area contributed by atoms with Gasteiger partial charge < -0.3 is 15.6 Å². The predicted molar refractivity (Wildman–Crippen MR) is 102 cm³/mol. The summed E-state index contributed by atoms with van der Waals surface area (Å²) in [6.45, 7) is 1.04. The molecule has 3 N–H and O–H groups in total. The Labute approximate surface area is 154 Å². The number of fused-ring (bicyclic) bond motifs is 1. The smallest absolute Gasteiger partial charge is 0.224 e. The standard InChI is InChI=1S/C19H18FN7/c20-17-12(3-4-14-18(17)25-10-24-14)8-23-19-21-6-5-15(27-19)26-16-7-13(9-22-16)11-1-2-11/h3-7,10-11H,1-2,8-9H2,(H,24,25)(H2,21,22,23,26,27). The van der Waals surface area contributed by atoms with Crippen molar-refractivity contribution in [3.05, 3.63) is 53.8 Å². The summed E-state index contributed by atoms with van der Waals surface area (Å²) in [4.78, 5) is 20.0. The number of aliphatic imine (C=N–C) groups is 1. The summed E-state index contributed by atoms with van der Waals surface area (Å²) in [5, 5.41) is 6.28. The van der Waals surface area contributed by atoms with E-state index in [9.17, 15) is 4.39 Å². The first-order chi connectivity index (χ1) is 13.3. The zero-order valence-corrected chi connectivity index (χ0v) is 14.5. The summed E-state index contributed by atoms with van der Waals surface area (Å²) in [6, 6.07) is 5.32. The van der Waals surface area contributed by atoms with E-state index in [1.165, 1.54) is 24.7 Å². The second kappa shape index (κ2) is 6.46. The highest BCUT2D eigenvalue weighted by atomic mass is 19.1. The van der Waals surface area contributed by atoms with E-state index >= 15 is 0 Å². The number of rotatable bonds is 5. The Balaban J connectivity index is 1.27. The van der Waals surface area contributed by atoms with E-state index in [0.29, 0.717) is 28.4 Å². The Kier molecular flexibility index (Phi) is 3.81. The van der Waals surface area contributed by atoms with Crippen LogP contribution in [0.2, 0.25) is 0 Å². The highest BCUT2D eigenvalue weighted by Crippen LogP contribution is 2.37. The van der Waals surface area contributed by atoms with E-state index in [4.69, 9.17) is 0 Å². The largest absolute Gasteiger partial charge is 0.350 e. The number of aromatic amines is 1. The molecule has 27 heavy (non-hydrogen) atoms. The number of halogens is 1. The van der Waals surface area contributed by atoms with Gasteiger partial charge in [-0.3, -0.25) is 4.99 Å². The van der Waals surface area contributed by atoms with Crippen molar-refractivity contribution in [2.75, 3.05) is 17.2 Å². The third-order valence-corrected chi connectivity index (χ3v) is 4.81. The van der Waals surface area contributed by atoms with Crippen LogP contribution in [0.15, 0.2) is 47.4 Å². The van der Waals surface area contributed by atoms with E-state index in [2.05, 4.69) is 41.6 Å². The van der Waals surface area contributed by atoms with Crippen LogP contribution in [-0.4, -0.2) is 32.3 Å². The molecule has 1 aromatic carbocycles. The molecule has 0 amide bonds. The highest BCUT2D eigenvalue weighted by Gasteiger charge is 2.27. The summed E-state index contributed by atoms with van der Waals surface area (Å²) < 4.78 is 14.5. The minimum atomic E-state index is -0.339. The fourth-order valence-electron chi connectivity index (χ4n) is 3.19. The molecule has 1 aliphatic heterocycles. The van der Waals surface area contributed by atoms with Crippen LogP contribution < -0.4 is 10.6 Å². The maximum absolute atomic E-state index is 14.5. The molecule has 1 aliphatic carbocycles. The molecule has 3 aromatic rings. The molecule has 7 nitrogen and oxygen atoms in total. The van der Waals surface area contributed by atoms with Crippen molar-refractivity contribution >= 4 is 28.6 Å². The number of nitrogens with zero attached hydrogens (tertiary/aromatic N) is 4. The number of benzene rings is 1. The number of aromatic nitrogens is 4. The van der Waals surface area contributed by atoms with Crippen LogP contribution in [0.1, 0.15) is 18.4 Å². The zero-order chi connectivity index (χ0) is 18.2. The topological polar surface area (TPSA) is 90.9 Å². The minimum absolute atomic E-state index is 0.269. The van der Waals surface area contributed by atoms with Crippen molar-refractivity contribution in [3.63, 3.8) is 0 Å². The first-order valence-electron chi connectivity index (χ1n) is 8.95. The van der Waals surface area contributed by atoms with E-state index in [1.54, 1.807) is 18.3 Å². The average Bonchev–Trinajstić information content (AvgIpc) is 3.23. The number of hydrogen-bond acceptors (Lipinski definition) is 6. The molecule has 5 rings (SSSR count). The molecule has 0 atom stereocenters.